The summed E-state index contributed by atoms with van der Waals surface area (Å²) in [5.74, 6) is 1.22. The van der Waals surface area contributed by atoms with Gasteiger partial charge in [-0.3, -0.25) is 14.4 Å². The molecule has 1 aliphatic carbocycles. The molecule has 1 saturated carbocycles. The zero-order valence-corrected chi connectivity index (χ0v) is 18.9. The SMILES string of the molecule is CNC(=O)c1cnc(NC(=O)C2CC2)cc1Nc1ncnc(N2CC3(COCC3=O)C2)c1OC. The van der Waals surface area contributed by atoms with Gasteiger partial charge in [-0.05, 0) is 12.8 Å². The topological polar surface area (TPSA) is 148 Å². The fourth-order valence-corrected chi connectivity index (χ4v) is 4.19. The molecule has 3 aliphatic rings. The number of amides is 2. The number of methoxy groups -OCH3 is 1. The number of hydrogen-bond acceptors (Lipinski definition) is 10. The van der Waals surface area contributed by atoms with Crippen LogP contribution in [0.5, 0.6) is 5.75 Å². The maximum atomic E-state index is 12.4. The highest BCUT2D eigenvalue weighted by molar-refractivity contribution is 6.01. The van der Waals surface area contributed by atoms with Gasteiger partial charge in [-0.15, -0.1) is 0 Å². The van der Waals surface area contributed by atoms with E-state index in [2.05, 4.69) is 30.9 Å². The Morgan fingerprint density at radius 3 is 2.68 bits per heavy atom. The average molecular weight is 467 g/mol. The quantitative estimate of drug-likeness (QED) is 0.532. The zero-order chi connectivity index (χ0) is 23.9. The Bertz CT molecular complexity index is 1160. The van der Waals surface area contributed by atoms with Gasteiger partial charge in [0.05, 0.1) is 30.4 Å². The Hall–Kier alpha value is -3.80. The summed E-state index contributed by atoms with van der Waals surface area (Å²) in [6.45, 7) is 1.51. The predicted octanol–water partition coefficient (Wildman–Crippen LogP) is 0.738. The molecule has 3 N–H and O–H groups in total. The van der Waals surface area contributed by atoms with Crippen molar-refractivity contribution >= 4 is 40.7 Å². The number of aromatic nitrogens is 3. The van der Waals surface area contributed by atoms with Crippen LogP contribution in [0, 0.1) is 11.3 Å². The number of rotatable bonds is 7. The first-order chi connectivity index (χ1) is 16.4. The van der Waals surface area contributed by atoms with E-state index in [9.17, 15) is 14.4 Å². The highest BCUT2D eigenvalue weighted by Gasteiger charge is 2.53. The van der Waals surface area contributed by atoms with Gasteiger partial charge in [-0.2, -0.15) is 0 Å². The summed E-state index contributed by atoms with van der Waals surface area (Å²) in [6.07, 6.45) is 4.51. The molecule has 2 amide bonds. The molecule has 34 heavy (non-hydrogen) atoms. The van der Waals surface area contributed by atoms with Gasteiger partial charge >= 0.3 is 0 Å². The van der Waals surface area contributed by atoms with E-state index in [1.54, 1.807) is 6.07 Å². The van der Waals surface area contributed by atoms with Gasteiger partial charge in [-0.1, -0.05) is 0 Å². The Kier molecular flexibility index (Phi) is 5.52. The second-order valence-corrected chi connectivity index (χ2v) is 8.71. The number of ketones is 1. The van der Waals surface area contributed by atoms with Crippen LogP contribution in [0.1, 0.15) is 23.2 Å². The Labute approximate surface area is 195 Å². The monoisotopic (exact) mass is 467 g/mol. The molecule has 2 saturated heterocycles. The van der Waals surface area contributed by atoms with Crippen LogP contribution in [-0.2, 0) is 14.3 Å². The number of carbonyl (C=O) groups excluding carboxylic acids is 3. The van der Waals surface area contributed by atoms with Gasteiger partial charge < -0.3 is 30.3 Å². The average Bonchev–Trinajstić information content (AvgIpc) is 3.59. The molecule has 12 heteroatoms. The third-order valence-corrected chi connectivity index (χ3v) is 6.31. The fourth-order valence-electron chi connectivity index (χ4n) is 4.19. The smallest absolute Gasteiger partial charge is 0.254 e. The molecule has 0 unspecified atom stereocenters. The first kappa shape index (κ1) is 22.0. The molecule has 4 heterocycles. The maximum absolute atomic E-state index is 12.4. The molecule has 2 aromatic rings. The Morgan fingerprint density at radius 2 is 2.03 bits per heavy atom. The van der Waals surface area contributed by atoms with E-state index in [4.69, 9.17) is 9.47 Å². The summed E-state index contributed by atoms with van der Waals surface area (Å²) in [4.78, 5) is 51.6. The van der Waals surface area contributed by atoms with E-state index in [1.807, 2.05) is 4.90 Å². The Morgan fingerprint density at radius 1 is 1.24 bits per heavy atom. The lowest BCUT2D eigenvalue weighted by Gasteiger charge is -2.46. The van der Waals surface area contributed by atoms with Crippen LogP contribution in [0.15, 0.2) is 18.6 Å². The van der Waals surface area contributed by atoms with Crippen LogP contribution in [0.25, 0.3) is 0 Å². The van der Waals surface area contributed by atoms with Crippen molar-refractivity contribution in [1.29, 1.82) is 0 Å². The molecule has 5 rings (SSSR count). The van der Waals surface area contributed by atoms with Crippen LogP contribution in [-0.4, -0.2) is 73.0 Å². The van der Waals surface area contributed by atoms with Gasteiger partial charge in [0.15, 0.2) is 17.4 Å². The van der Waals surface area contributed by atoms with Crippen molar-refractivity contribution in [3.63, 3.8) is 0 Å². The number of hydrogen-bond donors (Lipinski definition) is 3. The molecule has 0 bridgehead atoms. The van der Waals surface area contributed by atoms with Gasteiger partial charge in [0.1, 0.15) is 18.8 Å². The van der Waals surface area contributed by atoms with Gasteiger partial charge in [0.2, 0.25) is 11.7 Å². The summed E-state index contributed by atoms with van der Waals surface area (Å²) in [5, 5.41) is 8.50. The molecule has 2 aliphatic heterocycles. The summed E-state index contributed by atoms with van der Waals surface area (Å²) < 4.78 is 10.9. The van der Waals surface area contributed by atoms with Crippen molar-refractivity contribution in [3.8, 4) is 5.75 Å². The van der Waals surface area contributed by atoms with Crippen molar-refractivity contribution in [2.24, 2.45) is 11.3 Å². The lowest BCUT2D eigenvalue weighted by atomic mass is 9.78. The molecule has 178 valence electrons. The van der Waals surface area contributed by atoms with Crippen molar-refractivity contribution in [3.05, 3.63) is 24.2 Å². The molecule has 12 nitrogen and oxygen atoms in total. The van der Waals surface area contributed by atoms with Crippen molar-refractivity contribution in [1.82, 2.24) is 20.3 Å². The van der Waals surface area contributed by atoms with Gasteiger partial charge in [0.25, 0.3) is 5.91 Å². The first-order valence-electron chi connectivity index (χ1n) is 11.0. The lowest BCUT2D eigenvalue weighted by Crippen LogP contribution is -2.61. The molecule has 0 atom stereocenters. The van der Waals surface area contributed by atoms with Crippen LogP contribution in [0.2, 0.25) is 0 Å². The fraction of sp³-hybridized carbons (Fsp3) is 0.455. The zero-order valence-electron chi connectivity index (χ0n) is 18.9. The van der Waals surface area contributed by atoms with Gasteiger partial charge in [-0.25, -0.2) is 15.0 Å². The van der Waals surface area contributed by atoms with Crippen LogP contribution < -0.4 is 25.6 Å². The number of anilines is 4. The number of nitrogens with one attached hydrogen (secondary N) is 3. The highest BCUT2D eigenvalue weighted by atomic mass is 16.5. The minimum atomic E-state index is -0.490. The van der Waals surface area contributed by atoms with E-state index < -0.39 is 5.41 Å². The second kappa shape index (κ2) is 8.52. The van der Waals surface area contributed by atoms with E-state index in [0.717, 1.165) is 12.8 Å². The summed E-state index contributed by atoms with van der Waals surface area (Å²) >= 11 is 0. The molecule has 1 spiro atoms. The normalized spacial score (nSPS) is 18.4. The predicted molar refractivity (Wildman–Crippen MR) is 121 cm³/mol. The third-order valence-electron chi connectivity index (χ3n) is 6.31. The second-order valence-electron chi connectivity index (χ2n) is 8.71. The number of carbonyl (C=O) groups is 3. The van der Waals surface area contributed by atoms with Crippen LogP contribution >= 0.6 is 0 Å². The molecular formula is C22H25N7O5. The first-order valence-corrected chi connectivity index (χ1v) is 11.0. The minimum absolute atomic E-state index is 0.0123. The van der Waals surface area contributed by atoms with E-state index in [0.29, 0.717) is 48.6 Å². The summed E-state index contributed by atoms with van der Waals surface area (Å²) in [6, 6.07) is 1.58. The number of Topliss-reactive ketones (excluding diaryl/α,β-unsaturated/α-hetero) is 1. The highest BCUT2D eigenvalue weighted by Crippen LogP contribution is 2.43. The maximum Gasteiger partial charge on any atom is 0.254 e. The molecule has 0 aromatic carbocycles. The largest absolute Gasteiger partial charge is 0.490 e. The van der Waals surface area contributed by atoms with Crippen LogP contribution in [0.4, 0.5) is 23.1 Å². The van der Waals surface area contributed by atoms with Crippen LogP contribution in [0.3, 0.4) is 0 Å². The lowest BCUT2D eigenvalue weighted by molar-refractivity contribution is -0.125. The van der Waals surface area contributed by atoms with E-state index in [-0.39, 0.29) is 35.7 Å². The minimum Gasteiger partial charge on any atom is -0.490 e. The molecular weight excluding hydrogens is 442 g/mol. The van der Waals surface area contributed by atoms with Crippen molar-refractivity contribution < 1.29 is 23.9 Å². The summed E-state index contributed by atoms with van der Waals surface area (Å²) in [5.41, 5.74) is 0.170. The number of pyridine rings is 1. The standard InChI is InChI=1S/C22H25N7O5/c1-23-21(32)13-6-24-16(28-20(31)12-3-4-12)5-14(13)27-18-17(33-2)19(26-11-25-18)29-8-22(9-29)10-34-7-15(22)30/h5-6,11-12H,3-4,7-10H2,1-2H3,(H,23,32)(H2,24,25,26,27,28,31). The third kappa shape index (κ3) is 3.89. The molecule has 2 aromatic heterocycles. The van der Waals surface area contributed by atoms with E-state index >= 15 is 0 Å². The Balaban J connectivity index is 1.43. The van der Waals surface area contributed by atoms with Crippen molar-refractivity contribution in [2.75, 3.05) is 56.0 Å². The molecule has 3 fully saturated rings. The summed E-state index contributed by atoms with van der Waals surface area (Å²) in [7, 11) is 3.02. The van der Waals surface area contributed by atoms with Crippen molar-refractivity contribution in [2.45, 2.75) is 12.8 Å². The number of ether oxygens (including phenoxy) is 2. The van der Waals surface area contributed by atoms with E-state index in [1.165, 1.54) is 26.7 Å². The molecule has 0 radical (unpaired) electrons. The van der Waals surface area contributed by atoms with Gasteiger partial charge in [0, 0.05) is 38.3 Å². The number of nitrogens with zero attached hydrogens (tertiary/aromatic N) is 4.